The second kappa shape index (κ2) is 8.01. The highest BCUT2D eigenvalue weighted by Gasteiger charge is 2.23. The zero-order valence-corrected chi connectivity index (χ0v) is 15.3. The molecule has 3 heterocycles. The fraction of sp³-hybridized carbons (Fsp3) is 0.500. The van der Waals surface area contributed by atoms with Crippen molar-refractivity contribution in [3.8, 4) is 5.69 Å². The third-order valence-corrected chi connectivity index (χ3v) is 5.35. The molecule has 1 amide bonds. The molecule has 0 radical (unpaired) electrons. The van der Waals surface area contributed by atoms with Crippen LogP contribution in [0.4, 0.5) is 0 Å². The molecule has 2 saturated heterocycles. The Labute approximate surface area is 155 Å². The summed E-state index contributed by atoms with van der Waals surface area (Å²) in [4.78, 5) is 19.0. The average Bonchev–Trinajstić information content (AvgIpc) is 3.36. The van der Waals surface area contributed by atoms with Crippen LogP contribution in [0.25, 0.3) is 5.69 Å². The predicted octanol–water partition coefficient (Wildman–Crippen LogP) is 1.61. The lowest BCUT2D eigenvalue weighted by molar-refractivity contribution is -0.131. The molecule has 0 unspecified atom stereocenters. The molecule has 138 valence electrons. The van der Waals surface area contributed by atoms with E-state index in [2.05, 4.69) is 33.2 Å². The highest BCUT2D eigenvalue weighted by molar-refractivity contribution is 5.78. The Kier molecular flexibility index (Phi) is 5.32. The van der Waals surface area contributed by atoms with Crippen molar-refractivity contribution in [1.29, 1.82) is 0 Å². The molecule has 0 spiro atoms. The number of benzene rings is 1. The average molecular weight is 353 g/mol. The molecule has 2 aliphatic heterocycles. The van der Waals surface area contributed by atoms with Crippen molar-refractivity contribution in [1.82, 2.24) is 24.5 Å². The minimum Gasteiger partial charge on any atom is -0.342 e. The van der Waals surface area contributed by atoms with Gasteiger partial charge in [0.15, 0.2) is 0 Å². The minimum atomic E-state index is 0.306. The summed E-state index contributed by atoms with van der Waals surface area (Å²) >= 11 is 0. The summed E-state index contributed by atoms with van der Waals surface area (Å²) in [6, 6.07) is 10.2. The molecule has 0 N–H and O–H groups in total. The van der Waals surface area contributed by atoms with Gasteiger partial charge in [0.25, 0.3) is 0 Å². The number of aromatic nitrogens is 2. The van der Waals surface area contributed by atoms with Gasteiger partial charge in [-0.3, -0.25) is 14.6 Å². The minimum absolute atomic E-state index is 0.306. The van der Waals surface area contributed by atoms with Gasteiger partial charge < -0.3 is 4.90 Å². The van der Waals surface area contributed by atoms with Crippen LogP contribution in [0.15, 0.2) is 42.7 Å². The van der Waals surface area contributed by atoms with E-state index in [1.807, 2.05) is 34.0 Å². The Hall–Kier alpha value is -2.18. The lowest BCUT2D eigenvalue weighted by Crippen LogP contribution is -2.49. The van der Waals surface area contributed by atoms with Crippen LogP contribution in [0.3, 0.4) is 0 Å². The van der Waals surface area contributed by atoms with Crippen LogP contribution >= 0.6 is 0 Å². The topological polar surface area (TPSA) is 44.6 Å². The zero-order valence-electron chi connectivity index (χ0n) is 15.3. The van der Waals surface area contributed by atoms with Gasteiger partial charge in [0.1, 0.15) is 0 Å². The van der Waals surface area contributed by atoms with Gasteiger partial charge in [0.05, 0.1) is 18.4 Å². The van der Waals surface area contributed by atoms with Crippen molar-refractivity contribution >= 4 is 5.91 Å². The number of carbonyl (C=O) groups excluding carboxylic acids is 1. The first-order valence-electron chi connectivity index (χ1n) is 9.59. The van der Waals surface area contributed by atoms with Crippen LogP contribution in [-0.2, 0) is 11.3 Å². The summed E-state index contributed by atoms with van der Waals surface area (Å²) in [5.74, 6) is 0.306. The highest BCUT2D eigenvalue weighted by atomic mass is 16.2. The van der Waals surface area contributed by atoms with E-state index in [4.69, 9.17) is 0 Å². The van der Waals surface area contributed by atoms with Gasteiger partial charge in [-0.2, -0.15) is 5.10 Å². The van der Waals surface area contributed by atoms with Gasteiger partial charge in [-0.05, 0) is 25.0 Å². The Morgan fingerprint density at radius 3 is 2.35 bits per heavy atom. The summed E-state index contributed by atoms with van der Waals surface area (Å²) in [7, 11) is 0. The maximum atomic E-state index is 12.3. The van der Waals surface area contributed by atoms with Gasteiger partial charge >= 0.3 is 0 Å². The lowest BCUT2D eigenvalue weighted by atomic mass is 10.2. The highest BCUT2D eigenvalue weighted by Crippen LogP contribution is 2.12. The van der Waals surface area contributed by atoms with Crippen LogP contribution in [0, 0.1) is 0 Å². The molecule has 4 rings (SSSR count). The molecule has 0 bridgehead atoms. The molecule has 2 aliphatic rings. The summed E-state index contributed by atoms with van der Waals surface area (Å²) in [5, 5.41) is 4.48. The fourth-order valence-electron chi connectivity index (χ4n) is 3.79. The molecule has 6 heteroatoms. The van der Waals surface area contributed by atoms with Crippen LogP contribution in [0.1, 0.15) is 18.4 Å². The van der Waals surface area contributed by atoms with Gasteiger partial charge in [0.2, 0.25) is 5.91 Å². The Morgan fingerprint density at radius 1 is 0.923 bits per heavy atom. The third kappa shape index (κ3) is 4.14. The molecular formula is C20H27N5O. The number of nitrogens with zero attached hydrogens (tertiary/aromatic N) is 5. The molecule has 0 saturated carbocycles. The van der Waals surface area contributed by atoms with Crippen LogP contribution in [0.2, 0.25) is 0 Å². The molecule has 1 aromatic carbocycles. The largest absolute Gasteiger partial charge is 0.342 e. The quantitative estimate of drug-likeness (QED) is 0.819. The van der Waals surface area contributed by atoms with Gasteiger partial charge in [-0.15, -0.1) is 0 Å². The number of carbonyl (C=O) groups is 1. The van der Waals surface area contributed by atoms with E-state index in [1.165, 1.54) is 5.56 Å². The van der Waals surface area contributed by atoms with Gasteiger partial charge in [-0.1, -0.05) is 18.2 Å². The molecule has 0 atom stereocenters. The number of para-hydroxylation sites is 1. The summed E-state index contributed by atoms with van der Waals surface area (Å²) in [6.07, 6.45) is 6.39. The van der Waals surface area contributed by atoms with Crippen LogP contribution in [-0.4, -0.2) is 76.2 Å². The Balaban J connectivity index is 1.25. The number of piperazine rings is 1. The van der Waals surface area contributed by atoms with Crippen LogP contribution < -0.4 is 0 Å². The number of hydrogen-bond acceptors (Lipinski definition) is 4. The van der Waals surface area contributed by atoms with E-state index in [0.29, 0.717) is 12.5 Å². The van der Waals surface area contributed by atoms with E-state index in [9.17, 15) is 4.79 Å². The standard InChI is InChI=1S/C20H27N5O/c26-20(24-8-4-5-9-24)17-23-12-10-22(11-13-23)15-18-14-21-25(16-18)19-6-2-1-3-7-19/h1-3,6-7,14,16H,4-5,8-13,15,17H2. The first kappa shape index (κ1) is 17.2. The predicted molar refractivity (Wildman–Crippen MR) is 101 cm³/mol. The monoisotopic (exact) mass is 353 g/mol. The van der Waals surface area contributed by atoms with E-state index in [-0.39, 0.29) is 0 Å². The lowest BCUT2D eigenvalue weighted by Gasteiger charge is -2.34. The maximum absolute atomic E-state index is 12.3. The van der Waals surface area contributed by atoms with Gasteiger partial charge in [-0.25, -0.2) is 4.68 Å². The van der Waals surface area contributed by atoms with Crippen molar-refractivity contribution in [3.05, 3.63) is 48.3 Å². The molecular weight excluding hydrogens is 326 g/mol. The van der Waals surface area contributed by atoms with Crippen molar-refractivity contribution in [2.45, 2.75) is 19.4 Å². The van der Waals surface area contributed by atoms with Crippen molar-refractivity contribution in [2.24, 2.45) is 0 Å². The van der Waals surface area contributed by atoms with Crippen molar-refractivity contribution in [3.63, 3.8) is 0 Å². The Bertz CT molecular complexity index is 715. The fourth-order valence-corrected chi connectivity index (χ4v) is 3.79. The van der Waals surface area contributed by atoms with E-state index < -0.39 is 0 Å². The number of rotatable bonds is 5. The van der Waals surface area contributed by atoms with Gasteiger partial charge in [0, 0.05) is 57.6 Å². The first-order chi connectivity index (χ1) is 12.8. The third-order valence-electron chi connectivity index (χ3n) is 5.35. The van der Waals surface area contributed by atoms with Crippen molar-refractivity contribution < 1.29 is 4.79 Å². The van der Waals surface area contributed by atoms with E-state index in [1.54, 1.807) is 0 Å². The number of hydrogen-bond donors (Lipinski definition) is 0. The Morgan fingerprint density at radius 2 is 1.62 bits per heavy atom. The molecule has 6 nitrogen and oxygen atoms in total. The number of likely N-dealkylation sites (tertiary alicyclic amines) is 1. The smallest absolute Gasteiger partial charge is 0.236 e. The second-order valence-corrected chi connectivity index (χ2v) is 7.27. The maximum Gasteiger partial charge on any atom is 0.236 e. The summed E-state index contributed by atoms with van der Waals surface area (Å²) < 4.78 is 1.93. The SMILES string of the molecule is O=C(CN1CCN(Cc2cnn(-c3ccccc3)c2)CC1)N1CCCC1. The normalized spacial score (nSPS) is 19.2. The van der Waals surface area contributed by atoms with Crippen molar-refractivity contribution in [2.75, 3.05) is 45.8 Å². The molecule has 0 aliphatic carbocycles. The molecule has 2 aromatic rings. The molecule has 1 aromatic heterocycles. The van der Waals surface area contributed by atoms with E-state index in [0.717, 1.165) is 64.3 Å². The molecule has 26 heavy (non-hydrogen) atoms. The second-order valence-electron chi connectivity index (χ2n) is 7.27. The summed E-state index contributed by atoms with van der Waals surface area (Å²) in [5.41, 5.74) is 2.32. The first-order valence-corrected chi connectivity index (χ1v) is 9.59. The number of amides is 1. The van der Waals surface area contributed by atoms with E-state index >= 15 is 0 Å². The van der Waals surface area contributed by atoms with Crippen LogP contribution in [0.5, 0.6) is 0 Å². The summed E-state index contributed by atoms with van der Waals surface area (Å²) in [6.45, 7) is 7.33. The molecule has 2 fully saturated rings. The zero-order chi connectivity index (χ0) is 17.8.